The summed E-state index contributed by atoms with van der Waals surface area (Å²) >= 11 is 0. The van der Waals surface area contributed by atoms with E-state index in [2.05, 4.69) is 5.32 Å². The average Bonchev–Trinajstić information content (AvgIpc) is 1.85. The summed E-state index contributed by atoms with van der Waals surface area (Å²) in [6.45, 7) is 3.41. The molecule has 1 N–H and O–H groups in total. The fourth-order valence-electron chi connectivity index (χ4n) is 1.24. The summed E-state index contributed by atoms with van der Waals surface area (Å²) in [7, 11) is 0. The molecule has 0 spiro atoms. The van der Waals surface area contributed by atoms with Gasteiger partial charge in [-0.25, -0.2) is 0 Å². The van der Waals surface area contributed by atoms with E-state index in [0.717, 1.165) is 6.54 Å². The number of rotatable bonds is 1. The molecule has 4 nitrogen and oxygen atoms in total. The topological polar surface area (TPSA) is 56.1 Å². The Kier molecular flexibility index (Phi) is 2.44. The van der Waals surface area contributed by atoms with Gasteiger partial charge in [0.25, 0.3) is 0 Å². The Bertz CT molecular complexity index is 196. The van der Waals surface area contributed by atoms with Gasteiger partial charge in [0.1, 0.15) is 0 Å². The first-order valence-electron chi connectivity index (χ1n) is 3.61. The highest BCUT2D eigenvalue weighted by atomic mass is 16.2. The second kappa shape index (κ2) is 3.35. The van der Waals surface area contributed by atoms with Crippen molar-refractivity contribution in [2.24, 2.45) is 0 Å². The number of hydrogen-bond donors (Lipinski definition) is 1. The monoisotopic (exact) mass is 153 g/mol. The van der Waals surface area contributed by atoms with Crippen molar-refractivity contribution in [1.29, 1.82) is 5.26 Å². The molecule has 1 atom stereocenters. The summed E-state index contributed by atoms with van der Waals surface area (Å²) in [6.07, 6.45) is 0. The Morgan fingerprint density at radius 3 is 3.18 bits per heavy atom. The zero-order valence-corrected chi connectivity index (χ0v) is 6.50. The molecule has 0 radical (unpaired) electrons. The first kappa shape index (κ1) is 8.02. The van der Waals surface area contributed by atoms with Gasteiger partial charge in [0.05, 0.1) is 19.2 Å². The molecular weight excluding hydrogens is 142 g/mol. The number of nitriles is 1. The lowest BCUT2D eigenvalue weighted by Crippen LogP contribution is -2.52. The van der Waals surface area contributed by atoms with E-state index in [1.807, 2.05) is 17.9 Å². The molecule has 1 unspecified atom stereocenters. The lowest BCUT2D eigenvalue weighted by Gasteiger charge is -2.28. The molecule has 0 aromatic rings. The predicted molar refractivity (Wildman–Crippen MR) is 39.7 cm³/mol. The quantitative estimate of drug-likeness (QED) is 0.508. The maximum Gasteiger partial charge on any atom is 0.234 e. The van der Waals surface area contributed by atoms with E-state index in [0.29, 0.717) is 13.1 Å². The van der Waals surface area contributed by atoms with E-state index in [9.17, 15) is 4.79 Å². The molecule has 0 aromatic heterocycles. The number of nitrogens with one attached hydrogen (secondary N) is 1. The van der Waals surface area contributed by atoms with Crippen LogP contribution in [0.2, 0.25) is 0 Å². The first-order chi connectivity index (χ1) is 5.22. The second-order valence-electron chi connectivity index (χ2n) is 2.80. The zero-order chi connectivity index (χ0) is 8.27. The van der Waals surface area contributed by atoms with Gasteiger partial charge >= 0.3 is 0 Å². The third-order valence-electron chi connectivity index (χ3n) is 1.60. The van der Waals surface area contributed by atoms with Crippen molar-refractivity contribution in [2.75, 3.05) is 19.6 Å². The highest BCUT2D eigenvalue weighted by Gasteiger charge is 2.20. The van der Waals surface area contributed by atoms with Crippen LogP contribution < -0.4 is 5.32 Å². The molecule has 1 fully saturated rings. The van der Waals surface area contributed by atoms with Crippen molar-refractivity contribution in [3.8, 4) is 6.07 Å². The minimum atomic E-state index is 0.0130. The summed E-state index contributed by atoms with van der Waals surface area (Å²) in [5.41, 5.74) is 0. The van der Waals surface area contributed by atoms with Crippen LogP contribution in [0.5, 0.6) is 0 Å². The minimum absolute atomic E-state index is 0.0130. The van der Waals surface area contributed by atoms with Crippen LogP contribution in [0.4, 0.5) is 0 Å². The Labute approximate surface area is 65.8 Å². The summed E-state index contributed by atoms with van der Waals surface area (Å²) in [4.78, 5) is 12.7. The van der Waals surface area contributed by atoms with Crippen LogP contribution in [-0.2, 0) is 4.79 Å². The normalized spacial score (nSPS) is 25.8. The SMILES string of the molecule is CC1CN(CC#N)CC(=O)N1. The lowest BCUT2D eigenvalue weighted by atomic mass is 10.2. The number of hydrogen-bond acceptors (Lipinski definition) is 3. The molecule has 60 valence electrons. The Morgan fingerprint density at radius 2 is 2.64 bits per heavy atom. The number of carbonyl (C=O) groups is 1. The smallest absolute Gasteiger partial charge is 0.234 e. The van der Waals surface area contributed by atoms with Gasteiger partial charge in [-0.1, -0.05) is 0 Å². The van der Waals surface area contributed by atoms with Crippen molar-refractivity contribution >= 4 is 5.91 Å². The molecule has 1 amide bonds. The van der Waals surface area contributed by atoms with Crippen LogP contribution in [0.3, 0.4) is 0 Å². The van der Waals surface area contributed by atoms with Crippen LogP contribution in [-0.4, -0.2) is 36.5 Å². The van der Waals surface area contributed by atoms with Crippen molar-refractivity contribution in [3.05, 3.63) is 0 Å². The Hall–Kier alpha value is -1.08. The van der Waals surface area contributed by atoms with Crippen LogP contribution >= 0.6 is 0 Å². The average molecular weight is 153 g/mol. The fraction of sp³-hybridized carbons (Fsp3) is 0.714. The summed E-state index contributed by atoms with van der Waals surface area (Å²) in [6, 6.07) is 2.20. The lowest BCUT2D eigenvalue weighted by molar-refractivity contribution is -0.125. The van der Waals surface area contributed by atoms with Gasteiger partial charge in [0, 0.05) is 12.6 Å². The molecule has 1 saturated heterocycles. The second-order valence-corrected chi connectivity index (χ2v) is 2.80. The standard InChI is InChI=1S/C7H11N3O/c1-6-4-10(3-2-8)5-7(11)9-6/h6H,3-5H2,1H3,(H,9,11). The van der Waals surface area contributed by atoms with Crippen LogP contribution in [0.1, 0.15) is 6.92 Å². The molecule has 1 rings (SSSR count). The van der Waals surface area contributed by atoms with E-state index in [4.69, 9.17) is 5.26 Å². The third-order valence-corrected chi connectivity index (χ3v) is 1.60. The van der Waals surface area contributed by atoms with Crippen molar-refractivity contribution < 1.29 is 4.79 Å². The maximum atomic E-state index is 10.9. The molecule has 0 bridgehead atoms. The number of carbonyl (C=O) groups excluding carboxylic acids is 1. The van der Waals surface area contributed by atoms with Gasteiger partial charge < -0.3 is 5.32 Å². The molecule has 1 heterocycles. The van der Waals surface area contributed by atoms with Gasteiger partial charge in [-0.3, -0.25) is 9.69 Å². The van der Waals surface area contributed by atoms with E-state index < -0.39 is 0 Å². The van der Waals surface area contributed by atoms with Gasteiger partial charge in [0.15, 0.2) is 0 Å². The van der Waals surface area contributed by atoms with Gasteiger partial charge in [-0.05, 0) is 6.92 Å². The molecule has 1 aliphatic heterocycles. The maximum absolute atomic E-state index is 10.9. The Balaban J connectivity index is 2.44. The van der Waals surface area contributed by atoms with Gasteiger partial charge in [-0.15, -0.1) is 0 Å². The number of amides is 1. The van der Waals surface area contributed by atoms with Gasteiger partial charge in [-0.2, -0.15) is 5.26 Å². The minimum Gasteiger partial charge on any atom is -0.351 e. The highest BCUT2D eigenvalue weighted by Crippen LogP contribution is 1.97. The summed E-state index contributed by atoms with van der Waals surface area (Å²) in [5.74, 6) is 0.0130. The zero-order valence-electron chi connectivity index (χ0n) is 6.50. The van der Waals surface area contributed by atoms with E-state index in [1.54, 1.807) is 0 Å². The predicted octanol–water partition coefficient (Wildman–Crippen LogP) is -0.670. The number of piperazine rings is 1. The largest absolute Gasteiger partial charge is 0.351 e. The van der Waals surface area contributed by atoms with Crippen molar-refractivity contribution in [1.82, 2.24) is 10.2 Å². The van der Waals surface area contributed by atoms with E-state index in [-0.39, 0.29) is 11.9 Å². The molecule has 11 heavy (non-hydrogen) atoms. The van der Waals surface area contributed by atoms with Crippen LogP contribution in [0, 0.1) is 11.3 Å². The molecule has 0 saturated carbocycles. The summed E-state index contributed by atoms with van der Waals surface area (Å²) < 4.78 is 0. The molecule has 0 aromatic carbocycles. The number of nitrogens with zero attached hydrogens (tertiary/aromatic N) is 2. The highest BCUT2D eigenvalue weighted by molar-refractivity contribution is 5.79. The molecule has 1 aliphatic rings. The van der Waals surface area contributed by atoms with E-state index in [1.165, 1.54) is 0 Å². The molecular formula is C7H11N3O. The van der Waals surface area contributed by atoms with Crippen LogP contribution in [0.25, 0.3) is 0 Å². The van der Waals surface area contributed by atoms with Gasteiger partial charge in [0.2, 0.25) is 5.91 Å². The van der Waals surface area contributed by atoms with Crippen molar-refractivity contribution in [3.63, 3.8) is 0 Å². The van der Waals surface area contributed by atoms with E-state index >= 15 is 0 Å². The first-order valence-corrected chi connectivity index (χ1v) is 3.61. The van der Waals surface area contributed by atoms with Crippen LogP contribution in [0.15, 0.2) is 0 Å². The molecule has 0 aliphatic carbocycles. The third kappa shape index (κ3) is 2.20. The Morgan fingerprint density at radius 1 is 1.91 bits per heavy atom. The molecule has 4 heteroatoms. The van der Waals surface area contributed by atoms with Crippen molar-refractivity contribution in [2.45, 2.75) is 13.0 Å². The summed E-state index contributed by atoms with van der Waals surface area (Å²) in [5, 5.41) is 11.1. The fourth-order valence-corrected chi connectivity index (χ4v) is 1.24.